The van der Waals surface area contributed by atoms with Gasteiger partial charge in [0.15, 0.2) is 0 Å². The quantitative estimate of drug-likeness (QED) is 0.580. The molecule has 156 valence electrons. The van der Waals surface area contributed by atoms with Crippen molar-refractivity contribution < 1.29 is 13.2 Å². The average molecular weight is 424 g/mol. The maximum Gasteiger partial charge on any atom is 0.261 e. The van der Waals surface area contributed by atoms with Crippen molar-refractivity contribution in [1.29, 1.82) is 0 Å². The molecule has 30 heavy (non-hydrogen) atoms. The van der Waals surface area contributed by atoms with Crippen LogP contribution in [0.25, 0.3) is 0 Å². The summed E-state index contributed by atoms with van der Waals surface area (Å²) in [5.41, 5.74) is 2.77. The highest BCUT2D eigenvalue weighted by Gasteiger charge is 2.15. The smallest absolute Gasteiger partial charge is 0.261 e. The molecular formula is C23H25N3O3S. The molecule has 0 heterocycles. The Kier molecular flexibility index (Phi) is 6.74. The predicted octanol–water partition coefficient (Wildman–Crippen LogP) is 3.66. The number of nitrogens with one attached hydrogen (secondary N) is 2. The number of amides is 1. The number of benzene rings is 3. The average Bonchev–Trinajstić information content (AvgIpc) is 2.74. The highest BCUT2D eigenvalue weighted by atomic mass is 32.2. The van der Waals surface area contributed by atoms with Crippen molar-refractivity contribution in [1.82, 2.24) is 5.32 Å². The van der Waals surface area contributed by atoms with Gasteiger partial charge in [0.2, 0.25) is 0 Å². The van der Waals surface area contributed by atoms with Crippen LogP contribution >= 0.6 is 0 Å². The molecule has 0 fully saturated rings. The number of nitrogens with zero attached hydrogens (tertiary/aromatic N) is 1. The zero-order chi connectivity index (χ0) is 21.6. The molecule has 0 aliphatic carbocycles. The summed E-state index contributed by atoms with van der Waals surface area (Å²) in [4.78, 5) is 14.7. The first-order valence-electron chi connectivity index (χ1n) is 9.59. The number of rotatable bonds is 8. The fourth-order valence-electron chi connectivity index (χ4n) is 2.91. The Balaban J connectivity index is 1.60. The minimum Gasteiger partial charge on any atom is -0.373 e. The number of para-hydroxylation sites is 1. The topological polar surface area (TPSA) is 78.5 Å². The van der Waals surface area contributed by atoms with Gasteiger partial charge in [0.05, 0.1) is 4.90 Å². The summed E-state index contributed by atoms with van der Waals surface area (Å²) in [6.07, 6.45) is 0. The van der Waals surface area contributed by atoms with Crippen LogP contribution < -0.4 is 14.9 Å². The molecule has 0 radical (unpaired) electrons. The molecule has 0 unspecified atom stereocenters. The van der Waals surface area contributed by atoms with Crippen LogP contribution in [0.1, 0.15) is 15.9 Å². The predicted molar refractivity (Wildman–Crippen MR) is 120 cm³/mol. The van der Waals surface area contributed by atoms with Crippen molar-refractivity contribution in [3.8, 4) is 0 Å². The Hall–Kier alpha value is -3.32. The van der Waals surface area contributed by atoms with Gasteiger partial charge in [0, 0.05) is 37.1 Å². The van der Waals surface area contributed by atoms with Crippen LogP contribution in [-0.2, 0) is 10.0 Å². The largest absolute Gasteiger partial charge is 0.373 e. The highest BCUT2D eigenvalue weighted by Crippen LogP contribution is 2.18. The Bertz CT molecular complexity index is 1100. The lowest BCUT2D eigenvalue weighted by molar-refractivity contribution is 0.0954. The molecule has 2 N–H and O–H groups in total. The highest BCUT2D eigenvalue weighted by molar-refractivity contribution is 7.92. The molecule has 0 aromatic heterocycles. The summed E-state index contributed by atoms with van der Waals surface area (Å²) in [6, 6.07) is 22.9. The molecule has 3 aromatic rings. The van der Waals surface area contributed by atoms with Crippen molar-refractivity contribution in [3.63, 3.8) is 0 Å². The number of carbonyl (C=O) groups is 1. The van der Waals surface area contributed by atoms with E-state index >= 15 is 0 Å². The second-order valence-corrected chi connectivity index (χ2v) is 8.69. The summed E-state index contributed by atoms with van der Waals surface area (Å²) in [7, 11) is -1.76. The number of anilines is 2. The number of likely N-dealkylation sites (N-methyl/N-ethyl adjacent to an activating group) is 1. The Morgan fingerprint density at radius 2 is 1.63 bits per heavy atom. The van der Waals surface area contributed by atoms with E-state index in [0.29, 0.717) is 24.3 Å². The number of carbonyl (C=O) groups excluding carboxylic acids is 1. The van der Waals surface area contributed by atoms with E-state index in [1.54, 1.807) is 42.5 Å². The summed E-state index contributed by atoms with van der Waals surface area (Å²) in [5.74, 6) is -0.257. The third kappa shape index (κ3) is 5.61. The van der Waals surface area contributed by atoms with Crippen molar-refractivity contribution in [2.24, 2.45) is 0 Å². The van der Waals surface area contributed by atoms with E-state index in [1.165, 1.54) is 6.07 Å². The third-order valence-corrected chi connectivity index (χ3v) is 6.04. The molecular weight excluding hydrogens is 398 g/mol. The van der Waals surface area contributed by atoms with Crippen molar-refractivity contribution in [2.45, 2.75) is 11.8 Å². The van der Waals surface area contributed by atoms with E-state index in [-0.39, 0.29) is 10.8 Å². The number of aryl methyl sites for hydroxylation is 1. The maximum atomic E-state index is 12.6. The number of hydrogen-bond donors (Lipinski definition) is 2. The van der Waals surface area contributed by atoms with Crippen molar-refractivity contribution in [2.75, 3.05) is 29.8 Å². The summed E-state index contributed by atoms with van der Waals surface area (Å²) in [6.45, 7) is 3.00. The summed E-state index contributed by atoms with van der Waals surface area (Å²) < 4.78 is 27.6. The van der Waals surface area contributed by atoms with E-state index in [4.69, 9.17) is 0 Å². The van der Waals surface area contributed by atoms with Gasteiger partial charge in [-0.3, -0.25) is 9.52 Å². The van der Waals surface area contributed by atoms with Crippen LogP contribution in [0.3, 0.4) is 0 Å². The maximum absolute atomic E-state index is 12.6. The molecule has 0 saturated carbocycles. The SMILES string of the molecule is Cc1ccc(S(=O)(=O)Nc2cccc(C(=O)NCCN(C)c3ccccc3)c2)cc1. The van der Waals surface area contributed by atoms with Crippen LogP contribution in [0.4, 0.5) is 11.4 Å². The fourth-order valence-corrected chi connectivity index (χ4v) is 3.96. The van der Waals surface area contributed by atoms with Gasteiger partial charge in [0.1, 0.15) is 0 Å². The minimum atomic E-state index is -3.72. The lowest BCUT2D eigenvalue weighted by atomic mass is 10.2. The minimum absolute atomic E-state index is 0.173. The molecule has 7 heteroatoms. The summed E-state index contributed by atoms with van der Waals surface area (Å²) in [5, 5.41) is 2.87. The first-order valence-corrected chi connectivity index (χ1v) is 11.1. The van der Waals surface area contributed by atoms with Gasteiger partial charge >= 0.3 is 0 Å². The van der Waals surface area contributed by atoms with Gasteiger partial charge in [-0.2, -0.15) is 0 Å². The van der Waals surface area contributed by atoms with Crippen LogP contribution in [0.2, 0.25) is 0 Å². The van der Waals surface area contributed by atoms with Gasteiger partial charge in [0.25, 0.3) is 15.9 Å². The Morgan fingerprint density at radius 3 is 2.33 bits per heavy atom. The van der Waals surface area contributed by atoms with Crippen molar-refractivity contribution >= 4 is 27.3 Å². The molecule has 0 aliphatic heterocycles. The zero-order valence-electron chi connectivity index (χ0n) is 17.0. The molecule has 0 atom stereocenters. The van der Waals surface area contributed by atoms with Crippen LogP contribution in [0.5, 0.6) is 0 Å². The Morgan fingerprint density at radius 1 is 0.933 bits per heavy atom. The van der Waals surface area contributed by atoms with Gasteiger partial charge in [-0.05, 0) is 49.4 Å². The number of hydrogen-bond acceptors (Lipinski definition) is 4. The van der Waals surface area contributed by atoms with Crippen LogP contribution in [0.15, 0.2) is 83.8 Å². The zero-order valence-corrected chi connectivity index (χ0v) is 17.8. The molecule has 0 spiro atoms. The molecule has 0 aliphatic rings. The van der Waals surface area contributed by atoms with E-state index in [9.17, 15) is 13.2 Å². The molecule has 6 nitrogen and oxygen atoms in total. The molecule has 3 rings (SSSR count). The third-order valence-electron chi connectivity index (χ3n) is 4.64. The molecule has 3 aromatic carbocycles. The first-order chi connectivity index (χ1) is 14.3. The normalized spacial score (nSPS) is 11.0. The molecule has 1 amide bonds. The number of sulfonamides is 1. The van der Waals surface area contributed by atoms with E-state index in [2.05, 4.69) is 10.0 Å². The standard InChI is InChI=1S/C23H25N3O3S/c1-18-11-13-22(14-12-18)30(28,29)25-20-8-6-7-19(17-20)23(27)24-15-16-26(2)21-9-4-3-5-10-21/h3-14,17,25H,15-16H2,1-2H3,(H,24,27). The monoisotopic (exact) mass is 423 g/mol. The van der Waals surface area contributed by atoms with Gasteiger partial charge < -0.3 is 10.2 Å². The first kappa shape index (κ1) is 21.4. The van der Waals surface area contributed by atoms with Crippen LogP contribution in [-0.4, -0.2) is 34.5 Å². The van der Waals surface area contributed by atoms with Gasteiger partial charge in [-0.15, -0.1) is 0 Å². The summed E-state index contributed by atoms with van der Waals surface area (Å²) >= 11 is 0. The second kappa shape index (κ2) is 9.45. The van der Waals surface area contributed by atoms with E-state index in [0.717, 1.165) is 11.3 Å². The van der Waals surface area contributed by atoms with E-state index < -0.39 is 10.0 Å². The van der Waals surface area contributed by atoms with Gasteiger partial charge in [-0.25, -0.2) is 8.42 Å². The lowest BCUT2D eigenvalue weighted by Crippen LogP contribution is -2.33. The van der Waals surface area contributed by atoms with Crippen molar-refractivity contribution in [3.05, 3.63) is 90.0 Å². The lowest BCUT2D eigenvalue weighted by Gasteiger charge is -2.19. The van der Waals surface area contributed by atoms with Gasteiger partial charge in [-0.1, -0.05) is 42.0 Å². The van der Waals surface area contributed by atoms with Crippen LogP contribution in [0, 0.1) is 6.92 Å². The Labute approximate surface area is 177 Å². The molecule has 0 bridgehead atoms. The molecule has 0 saturated heterocycles. The fraction of sp³-hybridized carbons (Fsp3) is 0.174. The van der Waals surface area contributed by atoms with E-state index in [1.807, 2.05) is 49.2 Å². The second-order valence-electron chi connectivity index (χ2n) is 7.01.